The number of halogens is 1. The Balaban J connectivity index is 2.30. The standard InChI is InChI=1S/C9H13ClN2O2/c1-6(4-9(11)13)12-5-7-2-3-8(10)14-7/h2-3,6,12H,4-5H2,1H3,(H2,11,13). The van der Waals surface area contributed by atoms with Gasteiger partial charge in [-0.25, -0.2) is 0 Å². The van der Waals surface area contributed by atoms with Crippen molar-refractivity contribution in [3.8, 4) is 0 Å². The number of amides is 1. The molecule has 0 aromatic carbocycles. The molecule has 0 fully saturated rings. The molecule has 0 aliphatic rings. The first kappa shape index (κ1) is 11.1. The number of furan rings is 1. The Morgan fingerprint density at radius 3 is 2.93 bits per heavy atom. The van der Waals surface area contributed by atoms with Crippen LogP contribution in [0.4, 0.5) is 0 Å². The van der Waals surface area contributed by atoms with Gasteiger partial charge in [0.25, 0.3) is 0 Å². The molecule has 0 bridgehead atoms. The number of carbonyl (C=O) groups is 1. The Morgan fingerprint density at radius 2 is 2.43 bits per heavy atom. The summed E-state index contributed by atoms with van der Waals surface area (Å²) in [5.41, 5.74) is 5.04. The summed E-state index contributed by atoms with van der Waals surface area (Å²) in [6.45, 7) is 2.43. The average molecular weight is 217 g/mol. The van der Waals surface area contributed by atoms with Crippen molar-refractivity contribution < 1.29 is 9.21 Å². The monoisotopic (exact) mass is 216 g/mol. The summed E-state index contributed by atoms with van der Waals surface area (Å²) in [6, 6.07) is 3.50. The normalized spacial score (nSPS) is 12.7. The largest absolute Gasteiger partial charge is 0.448 e. The Hall–Kier alpha value is -1.00. The van der Waals surface area contributed by atoms with Gasteiger partial charge in [0, 0.05) is 12.5 Å². The van der Waals surface area contributed by atoms with E-state index in [4.69, 9.17) is 21.8 Å². The summed E-state index contributed by atoms with van der Waals surface area (Å²) in [4.78, 5) is 10.6. The van der Waals surface area contributed by atoms with Gasteiger partial charge in [0.15, 0.2) is 5.22 Å². The van der Waals surface area contributed by atoms with Crippen molar-refractivity contribution in [3.63, 3.8) is 0 Å². The zero-order valence-corrected chi connectivity index (χ0v) is 8.67. The van der Waals surface area contributed by atoms with Crippen LogP contribution in [0.1, 0.15) is 19.1 Å². The van der Waals surface area contributed by atoms with Gasteiger partial charge >= 0.3 is 0 Å². The highest BCUT2D eigenvalue weighted by atomic mass is 35.5. The highest BCUT2D eigenvalue weighted by Crippen LogP contribution is 2.12. The molecule has 0 spiro atoms. The SMILES string of the molecule is CC(CC(N)=O)NCc1ccc(Cl)o1. The van der Waals surface area contributed by atoms with Gasteiger partial charge < -0.3 is 15.5 Å². The van der Waals surface area contributed by atoms with Crippen LogP contribution < -0.4 is 11.1 Å². The van der Waals surface area contributed by atoms with E-state index in [0.29, 0.717) is 18.2 Å². The third-order valence-electron chi connectivity index (χ3n) is 1.76. The molecule has 1 aromatic heterocycles. The average Bonchev–Trinajstić information content (AvgIpc) is 2.47. The second-order valence-corrected chi connectivity index (χ2v) is 3.53. The molecule has 0 radical (unpaired) electrons. The number of carbonyl (C=O) groups excluding carboxylic acids is 1. The predicted octanol–water partition coefficient (Wildman–Crippen LogP) is 1.29. The van der Waals surface area contributed by atoms with Crippen molar-refractivity contribution in [2.75, 3.05) is 0 Å². The number of rotatable bonds is 5. The van der Waals surface area contributed by atoms with Crippen LogP contribution in [0.2, 0.25) is 5.22 Å². The van der Waals surface area contributed by atoms with E-state index in [0.717, 1.165) is 5.76 Å². The third kappa shape index (κ3) is 3.81. The minimum atomic E-state index is -0.317. The first-order valence-corrected chi connectivity index (χ1v) is 4.71. The molecule has 4 nitrogen and oxygen atoms in total. The molecule has 0 aliphatic heterocycles. The molecule has 1 rings (SSSR count). The molecule has 1 amide bonds. The second kappa shape index (κ2) is 5.02. The van der Waals surface area contributed by atoms with E-state index in [1.165, 1.54) is 0 Å². The fourth-order valence-electron chi connectivity index (χ4n) is 1.10. The van der Waals surface area contributed by atoms with Crippen LogP contribution in [-0.4, -0.2) is 11.9 Å². The molecule has 5 heteroatoms. The van der Waals surface area contributed by atoms with Crippen LogP contribution in [0.25, 0.3) is 0 Å². The Bertz CT molecular complexity index is 312. The van der Waals surface area contributed by atoms with Crippen molar-refractivity contribution in [1.82, 2.24) is 5.32 Å². The lowest BCUT2D eigenvalue weighted by molar-refractivity contribution is -0.118. The van der Waals surface area contributed by atoms with Gasteiger partial charge in [-0.15, -0.1) is 0 Å². The number of hydrogen-bond donors (Lipinski definition) is 2. The van der Waals surface area contributed by atoms with E-state index in [1.807, 2.05) is 6.92 Å². The minimum absolute atomic E-state index is 0.0383. The zero-order valence-electron chi connectivity index (χ0n) is 7.92. The van der Waals surface area contributed by atoms with Crippen molar-refractivity contribution in [2.45, 2.75) is 25.9 Å². The molecular formula is C9H13ClN2O2. The molecule has 1 atom stereocenters. The minimum Gasteiger partial charge on any atom is -0.448 e. The van der Waals surface area contributed by atoms with E-state index in [9.17, 15) is 4.79 Å². The second-order valence-electron chi connectivity index (χ2n) is 3.16. The first-order valence-electron chi connectivity index (χ1n) is 4.34. The summed E-state index contributed by atoms with van der Waals surface area (Å²) < 4.78 is 5.13. The van der Waals surface area contributed by atoms with Crippen molar-refractivity contribution in [3.05, 3.63) is 23.1 Å². The van der Waals surface area contributed by atoms with E-state index >= 15 is 0 Å². The quantitative estimate of drug-likeness (QED) is 0.779. The Kier molecular flexibility index (Phi) is 3.98. The topological polar surface area (TPSA) is 68.3 Å². The Labute approximate surface area is 87.4 Å². The van der Waals surface area contributed by atoms with Gasteiger partial charge in [-0.2, -0.15) is 0 Å². The fourth-order valence-corrected chi connectivity index (χ4v) is 1.26. The first-order chi connectivity index (χ1) is 6.58. The lowest BCUT2D eigenvalue weighted by Crippen LogP contribution is -2.30. The van der Waals surface area contributed by atoms with Crippen molar-refractivity contribution >= 4 is 17.5 Å². The van der Waals surface area contributed by atoms with Crippen LogP contribution in [0.3, 0.4) is 0 Å². The number of nitrogens with one attached hydrogen (secondary N) is 1. The molecule has 0 aliphatic carbocycles. The Morgan fingerprint density at radius 1 is 1.71 bits per heavy atom. The molecule has 0 saturated heterocycles. The lowest BCUT2D eigenvalue weighted by Gasteiger charge is -2.09. The van der Waals surface area contributed by atoms with Crippen LogP contribution >= 0.6 is 11.6 Å². The smallest absolute Gasteiger partial charge is 0.218 e. The van der Waals surface area contributed by atoms with E-state index in [-0.39, 0.29) is 11.9 Å². The van der Waals surface area contributed by atoms with E-state index in [2.05, 4.69) is 5.32 Å². The van der Waals surface area contributed by atoms with Crippen LogP contribution in [0.5, 0.6) is 0 Å². The van der Waals surface area contributed by atoms with Crippen LogP contribution in [0, 0.1) is 0 Å². The van der Waals surface area contributed by atoms with Crippen LogP contribution in [0.15, 0.2) is 16.5 Å². The summed E-state index contributed by atoms with van der Waals surface area (Å²) in [5, 5.41) is 3.46. The van der Waals surface area contributed by atoms with E-state index < -0.39 is 0 Å². The van der Waals surface area contributed by atoms with Gasteiger partial charge in [-0.3, -0.25) is 4.79 Å². The van der Waals surface area contributed by atoms with Crippen LogP contribution in [-0.2, 0) is 11.3 Å². The van der Waals surface area contributed by atoms with Gasteiger partial charge in [-0.1, -0.05) is 0 Å². The molecule has 1 aromatic rings. The molecule has 1 heterocycles. The molecular weight excluding hydrogens is 204 g/mol. The zero-order chi connectivity index (χ0) is 10.6. The third-order valence-corrected chi connectivity index (χ3v) is 1.96. The van der Waals surface area contributed by atoms with Gasteiger partial charge in [0.1, 0.15) is 5.76 Å². The number of hydrogen-bond acceptors (Lipinski definition) is 3. The number of primary amides is 1. The summed E-state index contributed by atoms with van der Waals surface area (Å²) in [7, 11) is 0. The molecule has 0 saturated carbocycles. The summed E-state index contributed by atoms with van der Waals surface area (Å²) >= 11 is 5.59. The summed E-state index contributed by atoms with van der Waals surface area (Å²) in [6.07, 6.45) is 0.314. The molecule has 1 unspecified atom stereocenters. The maximum absolute atomic E-state index is 10.6. The molecule has 14 heavy (non-hydrogen) atoms. The van der Waals surface area contributed by atoms with Gasteiger partial charge in [-0.05, 0) is 30.7 Å². The molecule has 78 valence electrons. The predicted molar refractivity (Wildman–Crippen MR) is 53.8 cm³/mol. The number of nitrogens with two attached hydrogens (primary N) is 1. The summed E-state index contributed by atoms with van der Waals surface area (Å²) in [5.74, 6) is 0.425. The highest BCUT2D eigenvalue weighted by Gasteiger charge is 2.06. The maximum Gasteiger partial charge on any atom is 0.218 e. The maximum atomic E-state index is 10.6. The lowest BCUT2D eigenvalue weighted by atomic mass is 10.2. The van der Waals surface area contributed by atoms with Gasteiger partial charge in [0.2, 0.25) is 5.91 Å². The van der Waals surface area contributed by atoms with E-state index in [1.54, 1.807) is 12.1 Å². The highest BCUT2D eigenvalue weighted by molar-refractivity contribution is 6.28. The van der Waals surface area contributed by atoms with Crippen molar-refractivity contribution in [2.24, 2.45) is 5.73 Å². The van der Waals surface area contributed by atoms with Crippen molar-refractivity contribution in [1.29, 1.82) is 0 Å². The van der Waals surface area contributed by atoms with Gasteiger partial charge in [0.05, 0.1) is 6.54 Å². The molecule has 3 N–H and O–H groups in total. The fraction of sp³-hybridized carbons (Fsp3) is 0.444.